The van der Waals surface area contributed by atoms with Gasteiger partial charge in [0, 0.05) is 11.7 Å². The summed E-state index contributed by atoms with van der Waals surface area (Å²) in [6.07, 6.45) is 12.7. The summed E-state index contributed by atoms with van der Waals surface area (Å²) in [4.78, 5) is 10.4. The van der Waals surface area contributed by atoms with E-state index in [4.69, 9.17) is 9.83 Å². The van der Waals surface area contributed by atoms with Gasteiger partial charge in [-0.25, -0.2) is 10.5 Å². The fraction of sp³-hybridized carbons (Fsp3) is 0.812. The Hall–Kier alpha value is -1.19. The van der Waals surface area contributed by atoms with Gasteiger partial charge in [-0.3, -0.25) is 0 Å². The first-order chi connectivity index (χ1) is 9.74. The molecule has 2 N–H and O–H groups in total. The third kappa shape index (κ3) is 5.43. The van der Waals surface area contributed by atoms with Gasteiger partial charge in [-0.2, -0.15) is 0 Å². The lowest BCUT2D eigenvalue weighted by Gasteiger charge is -2.25. The molecule has 2 rings (SSSR count). The third-order valence-corrected chi connectivity index (χ3v) is 4.13. The van der Waals surface area contributed by atoms with E-state index in [1.165, 1.54) is 64.2 Å². The molecule has 2 fully saturated rings. The van der Waals surface area contributed by atoms with Crippen molar-refractivity contribution >= 4 is 6.02 Å². The second-order valence-corrected chi connectivity index (χ2v) is 6.19. The van der Waals surface area contributed by atoms with Gasteiger partial charge < -0.3 is 10.2 Å². The fourth-order valence-corrected chi connectivity index (χ4v) is 3.03. The predicted molar refractivity (Wildman–Crippen MR) is 83.4 cm³/mol. The Labute approximate surface area is 123 Å². The first-order valence-corrected chi connectivity index (χ1v) is 8.17. The van der Waals surface area contributed by atoms with Gasteiger partial charge in [0.2, 0.25) is 0 Å². The van der Waals surface area contributed by atoms with Crippen LogP contribution >= 0.6 is 0 Å². The second-order valence-electron chi connectivity index (χ2n) is 6.19. The van der Waals surface area contributed by atoms with Crippen molar-refractivity contribution < 1.29 is 4.84 Å². The van der Waals surface area contributed by atoms with Crippen LogP contribution in [0.15, 0.2) is 17.3 Å². The number of hydroxylamine groups is 1. The van der Waals surface area contributed by atoms with Crippen LogP contribution < -0.4 is 10.8 Å². The van der Waals surface area contributed by atoms with Crippen LogP contribution in [0.25, 0.3) is 0 Å². The zero-order valence-electron chi connectivity index (χ0n) is 12.8. The number of hydrogen-bond acceptors (Lipinski definition) is 3. The molecule has 2 aliphatic carbocycles. The van der Waals surface area contributed by atoms with E-state index in [0.717, 1.165) is 5.70 Å². The van der Waals surface area contributed by atoms with E-state index >= 15 is 0 Å². The van der Waals surface area contributed by atoms with Crippen molar-refractivity contribution in [1.82, 2.24) is 10.8 Å². The minimum Gasteiger partial charge on any atom is -0.343 e. The molecule has 0 bridgehead atoms. The fourth-order valence-electron chi connectivity index (χ4n) is 3.03. The molecule has 114 valence electrons. The van der Waals surface area contributed by atoms with Gasteiger partial charge in [0.25, 0.3) is 0 Å². The van der Waals surface area contributed by atoms with Crippen LogP contribution in [0.1, 0.15) is 71.1 Å². The lowest BCUT2D eigenvalue weighted by Crippen LogP contribution is -2.40. The summed E-state index contributed by atoms with van der Waals surface area (Å²) < 4.78 is 0. The zero-order chi connectivity index (χ0) is 14.2. The molecule has 0 aliphatic heterocycles. The van der Waals surface area contributed by atoms with Crippen molar-refractivity contribution in [3.63, 3.8) is 0 Å². The van der Waals surface area contributed by atoms with E-state index in [1.54, 1.807) is 0 Å². The maximum Gasteiger partial charge on any atom is 0.312 e. The van der Waals surface area contributed by atoms with Crippen LogP contribution in [-0.2, 0) is 4.84 Å². The van der Waals surface area contributed by atoms with Crippen LogP contribution in [0, 0.1) is 0 Å². The molecule has 0 atom stereocenters. The summed E-state index contributed by atoms with van der Waals surface area (Å²) >= 11 is 0. The molecular weight excluding hydrogens is 250 g/mol. The van der Waals surface area contributed by atoms with Crippen molar-refractivity contribution in [3.05, 3.63) is 12.3 Å². The molecule has 0 amide bonds. The lowest BCUT2D eigenvalue weighted by atomic mass is 9.95. The largest absolute Gasteiger partial charge is 0.343 e. The number of aliphatic imine (C=N–C) groups is 1. The highest BCUT2D eigenvalue weighted by atomic mass is 16.7. The Morgan fingerprint density at radius 1 is 1.00 bits per heavy atom. The second kappa shape index (κ2) is 8.18. The highest BCUT2D eigenvalue weighted by molar-refractivity contribution is 5.74. The lowest BCUT2D eigenvalue weighted by molar-refractivity contribution is 0.193. The SMILES string of the molecule is C=C(C)NOC(=NC1CCCCC1)NC1CCCCC1. The van der Waals surface area contributed by atoms with Crippen LogP contribution in [0.2, 0.25) is 0 Å². The predicted octanol–water partition coefficient (Wildman–Crippen LogP) is 3.65. The first-order valence-electron chi connectivity index (χ1n) is 8.17. The average molecular weight is 279 g/mol. The van der Waals surface area contributed by atoms with E-state index < -0.39 is 0 Å². The van der Waals surface area contributed by atoms with Crippen molar-refractivity contribution in [2.24, 2.45) is 4.99 Å². The van der Waals surface area contributed by atoms with E-state index in [-0.39, 0.29) is 0 Å². The molecule has 2 saturated carbocycles. The number of hydrogen-bond donors (Lipinski definition) is 2. The Kier molecular flexibility index (Phi) is 6.22. The van der Waals surface area contributed by atoms with E-state index in [1.807, 2.05) is 6.92 Å². The van der Waals surface area contributed by atoms with Crippen LogP contribution in [0.5, 0.6) is 0 Å². The molecule has 0 radical (unpaired) electrons. The molecule has 0 aromatic carbocycles. The molecule has 0 aromatic rings. The van der Waals surface area contributed by atoms with Gasteiger partial charge in [0.1, 0.15) is 0 Å². The molecule has 4 nitrogen and oxygen atoms in total. The minimum atomic E-state index is 0.418. The highest BCUT2D eigenvalue weighted by Crippen LogP contribution is 2.21. The molecular formula is C16H29N3O. The van der Waals surface area contributed by atoms with Crippen molar-refractivity contribution in [3.8, 4) is 0 Å². The molecule has 0 spiro atoms. The maximum absolute atomic E-state index is 5.60. The Balaban J connectivity index is 1.90. The average Bonchev–Trinajstić information content (AvgIpc) is 2.47. The minimum absolute atomic E-state index is 0.418. The van der Waals surface area contributed by atoms with Crippen LogP contribution in [0.3, 0.4) is 0 Å². The third-order valence-electron chi connectivity index (χ3n) is 4.13. The summed E-state index contributed by atoms with van der Waals surface area (Å²) in [5.74, 6) is 0. The number of amidine groups is 1. The van der Waals surface area contributed by atoms with Crippen LogP contribution in [0.4, 0.5) is 0 Å². The Bertz CT molecular complexity index is 329. The van der Waals surface area contributed by atoms with Gasteiger partial charge >= 0.3 is 6.02 Å². The van der Waals surface area contributed by atoms with Crippen LogP contribution in [-0.4, -0.2) is 18.1 Å². The highest BCUT2D eigenvalue weighted by Gasteiger charge is 2.18. The summed E-state index contributed by atoms with van der Waals surface area (Å²) in [5.41, 5.74) is 3.63. The van der Waals surface area contributed by atoms with Crippen molar-refractivity contribution in [1.29, 1.82) is 0 Å². The Morgan fingerprint density at radius 3 is 2.20 bits per heavy atom. The molecule has 0 heterocycles. The standard InChI is InChI=1S/C16H29N3O/c1-13(2)19-20-16(17-14-9-5-3-6-10-14)18-15-11-7-4-8-12-15/h14-15,19H,1,3-12H2,2H3,(H,17,18). The van der Waals surface area contributed by atoms with Gasteiger partial charge in [0.15, 0.2) is 0 Å². The Morgan fingerprint density at radius 2 is 1.60 bits per heavy atom. The van der Waals surface area contributed by atoms with E-state index in [9.17, 15) is 0 Å². The number of nitrogens with zero attached hydrogens (tertiary/aromatic N) is 1. The monoisotopic (exact) mass is 279 g/mol. The number of allylic oxidation sites excluding steroid dienone is 1. The van der Waals surface area contributed by atoms with Crippen molar-refractivity contribution in [2.45, 2.75) is 83.2 Å². The summed E-state index contributed by atoms with van der Waals surface area (Å²) in [6, 6.07) is 1.59. The number of nitrogens with one attached hydrogen (secondary N) is 2. The maximum atomic E-state index is 5.60. The van der Waals surface area contributed by atoms with E-state index in [2.05, 4.69) is 17.4 Å². The number of rotatable bonds is 4. The molecule has 0 aromatic heterocycles. The van der Waals surface area contributed by atoms with Gasteiger partial charge in [-0.1, -0.05) is 45.1 Å². The quantitative estimate of drug-likeness (QED) is 0.469. The molecule has 2 aliphatic rings. The topological polar surface area (TPSA) is 45.6 Å². The van der Waals surface area contributed by atoms with Crippen molar-refractivity contribution in [2.75, 3.05) is 0 Å². The molecule has 0 unspecified atom stereocenters. The molecule has 4 heteroatoms. The normalized spacial score (nSPS) is 22.4. The molecule has 0 saturated heterocycles. The van der Waals surface area contributed by atoms with Gasteiger partial charge in [-0.15, -0.1) is 0 Å². The van der Waals surface area contributed by atoms with Gasteiger partial charge in [-0.05, 0) is 32.6 Å². The summed E-state index contributed by atoms with van der Waals surface area (Å²) in [5, 5.41) is 3.48. The summed E-state index contributed by atoms with van der Waals surface area (Å²) in [7, 11) is 0. The molecule has 20 heavy (non-hydrogen) atoms. The smallest absolute Gasteiger partial charge is 0.312 e. The van der Waals surface area contributed by atoms with E-state index in [0.29, 0.717) is 18.1 Å². The summed E-state index contributed by atoms with van der Waals surface area (Å²) in [6.45, 7) is 5.69. The van der Waals surface area contributed by atoms with Gasteiger partial charge in [0.05, 0.1) is 6.04 Å². The first kappa shape index (κ1) is 15.2. The zero-order valence-corrected chi connectivity index (χ0v) is 12.8.